The number of carbonyl (C=O) groups is 1. The summed E-state index contributed by atoms with van der Waals surface area (Å²) in [6.45, 7) is 7.77. The molecule has 0 N–H and O–H groups in total. The van der Waals surface area contributed by atoms with Crippen molar-refractivity contribution in [1.82, 2.24) is 4.90 Å². The first kappa shape index (κ1) is 11.2. The molecular weight excluding hydrogens is 202 g/mol. The highest BCUT2D eigenvalue weighted by Crippen LogP contribution is 2.20. The molecule has 1 aliphatic rings. The second kappa shape index (κ2) is 4.32. The average molecular weight is 221 g/mol. The van der Waals surface area contributed by atoms with Crippen LogP contribution in [-0.4, -0.2) is 23.9 Å². The standard InChI is InChI=1S/C13H19NO2/c1-9-5-4-6-14(8-9)13(15)12-7-10(2)11(3)16-12/h7,9H,4-6,8H2,1-3H3. The summed E-state index contributed by atoms with van der Waals surface area (Å²) >= 11 is 0. The molecule has 0 aromatic carbocycles. The van der Waals surface area contributed by atoms with Crippen molar-refractivity contribution in [3.8, 4) is 0 Å². The summed E-state index contributed by atoms with van der Waals surface area (Å²) in [6.07, 6.45) is 2.32. The first-order chi connectivity index (χ1) is 7.58. The molecule has 2 heterocycles. The molecule has 16 heavy (non-hydrogen) atoms. The van der Waals surface area contributed by atoms with Crippen LogP contribution in [0.1, 0.15) is 41.6 Å². The van der Waals surface area contributed by atoms with Crippen LogP contribution in [0.2, 0.25) is 0 Å². The van der Waals surface area contributed by atoms with Gasteiger partial charge in [0.2, 0.25) is 0 Å². The molecule has 3 heteroatoms. The Hall–Kier alpha value is -1.25. The Kier molecular flexibility index (Phi) is 3.03. The van der Waals surface area contributed by atoms with Gasteiger partial charge in [0.15, 0.2) is 5.76 Å². The van der Waals surface area contributed by atoms with E-state index in [4.69, 9.17) is 4.42 Å². The molecule has 1 amide bonds. The van der Waals surface area contributed by atoms with Crippen LogP contribution in [0.15, 0.2) is 10.5 Å². The molecule has 2 rings (SSSR count). The van der Waals surface area contributed by atoms with Gasteiger partial charge in [0.1, 0.15) is 5.76 Å². The largest absolute Gasteiger partial charge is 0.456 e. The number of amides is 1. The molecule has 1 aliphatic heterocycles. The summed E-state index contributed by atoms with van der Waals surface area (Å²) in [5.74, 6) is 1.98. The van der Waals surface area contributed by atoms with Crippen LogP contribution in [0, 0.1) is 19.8 Å². The minimum absolute atomic E-state index is 0.0442. The predicted molar refractivity (Wildman–Crippen MR) is 62.5 cm³/mol. The smallest absolute Gasteiger partial charge is 0.289 e. The van der Waals surface area contributed by atoms with E-state index in [0.29, 0.717) is 11.7 Å². The van der Waals surface area contributed by atoms with Crippen molar-refractivity contribution in [2.24, 2.45) is 5.92 Å². The first-order valence-corrected chi connectivity index (χ1v) is 5.94. The van der Waals surface area contributed by atoms with Crippen molar-refractivity contribution < 1.29 is 9.21 Å². The summed E-state index contributed by atoms with van der Waals surface area (Å²) in [4.78, 5) is 14.1. The zero-order chi connectivity index (χ0) is 11.7. The third-order valence-electron chi connectivity index (χ3n) is 3.32. The van der Waals surface area contributed by atoms with Gasteiger partial charge in [0.05, 0.1) is 0 Å². The fourth-order valence-corrected chi connectivity index (χ4v) is 2.21. The lowest BCUT2D eigenvalue weighted by atomic mass is 10.0. The second-order valence-electron chi connectivity index (χ2n) is 4.85. The Morgan fingerprint density at radius 3 is 2.81 bits per heavy atom. The van der Waals surface area contributed by atoms with Gasteiger partial charge in [-0.1, -0.05) is 6.92 Å². The molecule has 1 aromatic rings. The van der Waals surface area contributed by atoms with Crippen LogP contribution in [0.4, 0.5) is 0 Å². The van der Waals surface area contributed by atoms with Crippen molar-refractivity contribution in [3.05, 3.63) is 23.2 Å². The van der Waals surface area contributed by atoms with Gasteiger partial charge < -0.3 is 9.32 Å². The number of piperidine rings is 1. The number of furan rings is 1. The Morgan fingerprint density at radius 1 is 1.50 bits per heavy atom. The lowest BCUT2D eigenvalue weighted by Crippen LogP contribution is -2.38. The predicted octanol–water partition coefficient (Wildman–Crippen LogP) is 2.77. The van der Waals surface area contributed by atoms with Gasteiger partial charge in [-0.2, -0.15) is 0 Å². The van der Waals surface area contributed by atoms with E-state index in [-0.39, 0.29) is 5.91 Å². The van der Waals surface area contributed by atoms with E-state index >= 15 is 0 Å². The van der Waals surface area contributed by atoms with Crippen LogP contribution in [0.25, 0.3) is 0 Å². The van der Waals surface area contributed by atoms with E-state index in [0.717, 1.165) is 30.8 Å². The number of hydrogen-bond acceptors (Lipinski definition) is 2. The molecule has 3 nitrogen and oxygen atoms in total. The van der Waals surface area contributed by atoms with Gasteiger partial charge in [-0.15, -0.1) is 0 Å². The highest BCUT2D eigenvalue weighted by atomic mass is 16.4. The third-order valence-corrected chi connectivity index (χ3v) is 3.32. The maximum atomic E-state index is 12.1. The summed E-state index contributed by atoms with van der Waals surface area (Å²) in [6, 6.07) is 1.84. The minimum Gasteiger partial charge on any atom is -0.456 e. The number of likely N-dealkylation sites (tertiary alicyclic amines) is 1. The average Bonchev–Trinajstić information content (AvgIpc) is 2.58. The SMILES string of the molecule is Cc1cc(C(=O)N2CCCC(C)C2)oc1C. The summed E-state index contributed by atoms with van der Waals surface area (Å²) < 4.78 is 5.47. The zero-order valence-electron chi connectivity index (χ0n) is 10.2. The topological polar surface area (TPSA) is 33.5 Å². The van der Waals surface area contributed by atoms with Crippen LogP contribution < -0.4 is 0 Å². The number of rotatable bonds is 1. The van der Waals surface area contributed by atoms with Crippen LogP contribution in [0.3, 0.4) is 0 Å². The molecule has 0 radical (unpaired) electrons. The Bertz CT molecular complexity index is 375. The molecule has 0 saturated carbocycles. The maximum Gasteiger partial charge on any atom is 0.289 e. The van der Waals surface area contributed by atoms with Crippen molar-refractivity contribution in [2.75, 3.05) is 13.1 Å². The summed E-state index contributed by atoms with van der Waals surface area (Å²) in [7, 11) is 0. The molecule has 1 unspecified atom stereocenters. The molecule has 0 spiro atoms. The lowest BCUT2D eigenvalue weighted by Gasteiger charge is -2.30. The quantitative estimate of drug-likeness (QED) is 0.730. The molecule has 0 aliphatic carbocycles. The van der Waals surface area contributed by atoms with Crippen molar-refractivity contribution >= 4 is 5.91 Å². The highest BCUT2D eigenvalue weighted by molar-refractivity contribution is 5.91. The van der Waals surface area contributed by atoms with Gasteiger partial charge >= 0.3 is 0 Å². The summed E-state index contributed by atoms with van der Waals surface area (Å²) in [5.41, 5.74) is 1.05. The Balaban J connectivity index is 2.12. The summed E-state index contributed by atoms with van der Waals surface area (Å²) in [5, 5.41) is 0. The van der Waals surface area contributed by atoms with Crippen molar-refractivity contribution in [3.63, 3.8) is 0 Å². The minimum atomic E-state index is 0.0442. The van der Waals surface area contributed by atoms with Gasteiger partial charge in [0.25, 0.3) is 5.91 Å². The highest BCUT2D eigenvalue weighted by Gasteiger charge is 2.24. The molecule has 1 fully saturated rings. The molecule has 1 saturated heterocycles. The van der Waals surface area contributed by atoms with E-state index < -0.39 is 0 Å². The third kappa shape index (κ3) is 2.13. The van der Waals surface area contributed by atoms with E-state index in [1.54, 1.807) is 0 Å². The number of aryl methyl sites for hydroxylation is 2. The van der Waals surface area contributed by atoms with E-state index in [2.05, 4.69) is 6.92 Å². The number of hydrogen-bond donors (Lipinski definition) is 0. The van der Waals surface area contributed by atoms with Crippen molar-refractivity contribution in [2.45, 2.75) is 33.6 Å². The lowest BCUT2D eigenvalue weighted by molar-refractivity contribution is 0.0649. The monoisotopic (exact) mass is 221 g/mol. The first-order valence-electron chi connectivity index (χ1n) is 5.94. The maximum absolute atomic E-state index is 12.1. The van der Waals surface area contributed by atoms with Crippen LogP contribution >= 0.6 is 0 Å². The number of nitrogens with zero attached hydrogens (tertiary/aromatic N) is 1. The molecular formula is C13H19NO2. The Labute approximate surface area is 96.4 Å². The van der Waals surface area contributed by atoms with Gasteiger partial charge in [-0.3, -0.25) is 4.79 Å². The van der Waals surface area contributed by atoms with Crippen molar-refractivity contribution in [1.29, 1.82) is 0 Å². The van der Waals surface area contributed by atoms with Crippen LogP contribution in [-0.2, 0) is 0 Å². The van der Waals surface area contributed by atoms with Gasteiger partial charge in [-0.25, -0.2) is 0 Å². The number of carbonyl (C=O) groups excluding carboxylic acids is 1. The van der Waals surface area contributed by atoms with Gasteiger partial charge in [-0.05, 0) is 44.2 Å². The normalized spacial score (nSPS) is 21.2. The van der Waals surface area contributed by atoms with Crippen LogP contribution in [0.5, 0.6) is 0 Å². The van der Waals surface area contributed by atoms with E-state index in [1.165, 1.54) is 6.42 Å². The second-order valence-corrected chi connectivity index (χ2v) is 4.85. The fraction of sp³-hybridized carbons (Fsp3) is 0.615. The zero-order valence-corrected chi connectivity index (χ0v) is 10.2. The molecule has 1 aromatic heterocycles. The Morgan fingerprint density at radius 2 is 2.25 bits per heavy atom. The fourth-order valence-electron chi connectivity index (χ4n) is 2.21. The van der Waals surface area contributed by atoms with E-state index in [1.807, 2.05) is 24.8 Å². The molecule has 88 valence electrons. The van der Waals surface area contributed by atoms with E-state index in [9.17, 15) is 4.79 Å². The molecule has 1 atom stereocenters. The molecule has 0 bridgehead atoms. The van der Waals surface area contributed by atoms with Gasteiger partial charge in [0, 0.05) is 13.1 Å².